The smallest absolute Gasteiger partial charge is 0.247 e. The average molecular weight is 312 g/mol. The Hall–Kier alpha value is -0.550. The van der Waals surface area contributed by atoms with Crippen molar-refractivity contribution in [3.63, 3.8) is 0 Å². The quantitative estimate of drug-likeness (QED) is 0.766. The van der Waals surface area contributed by atoms with Gasteiger partial charge in [0.05, 0.1) is 12.5 Å². The molecule has 0 aromatic carbocycles. The fraction of sp³-hybridized carbons (Fsp3) is 0.875. The Morgan fingerprint density at radius 2 is 2.00 bits per heavy atom. The number of amides is 2. The Bertz CT molecular complexity index is 394. The van der Waals surface area contributed by atoms with Crippen molar-refractivity contribution in [1.29, 1.82) is 0 Å². The molecule has 1 saturated carbocycles. The Morgan fingerprint density at radius 1 is 1.33 bits per heavy atom. The summed E-state index contributed by atoms with van der Waals surface area (Å²) in [6, 6.07) is -0.293. The predicted octanol–water partition coefficient (Wildman–Crippen LogP) is 2.57. The topological polar surface area (TPSA) is 49.4 Å². The minimum atomic E-state index is -0.308. The summed E-state index contributed by atoms with van der Waals surface area (Å²) >= 11 is 1.92. The summed E-state index contributed by atoms with van der Waals surface area (Å²) in [6.07, 6.45) is 9.62. The number of thioether (sulfide) groups is 1. The zero-order valence-corrected chi connectivity index (χ0v) is 14.3. The highest BCUT2D eigenvalue weighted by molar-refractivity contribution is 8.00. The number of rotatable bonds is 6. The van der Waals surface area contributed by atoms with Crippen molar-refractivity contribution in [2.24, 2.45) is 0 Å². The van der Waals surface area contributed by atoms with Gasteiger partial charge in [-0.05, 0) is 32.4 Å². The van der Waals surface area contributed by atoms with Crippen molar-refractivity contribution in [2.45, 2.75) is 75.6 Å². The largest absolute Gasteiger partial charge is 0.304 e. The van der Waals surface area contributed by atoms with E-state index in [1.807, 2.05) is 25.6 Å². The third kappa shape index (κ3) is 3.62. The molecule has 120 valence electrons. The molecule has 2 aliphatic rings. The lowest BCUT2D eigenvalue weighted by Crippen LogP contribution is -2.47. The van der Waals surface area contributed by atoms with Crippen LogP contribution in [0.2, 0.25) is 0 Å². The molecule has 5 heteroatoms. The second-order valence-corrected chi connectivity index (χ2v) is 7.72. The van der Waals surface area contributed by atoms with Gasteiger partial charge >= 0.3 is 0 Å². The summed E-state index contributed by atoms with van der Waals surface area (Å²) < 4.78 is 0.255. The van der Waals surface area contributed by atoms with Crippen LogP contribution in [0, 0.1) is 0 Å². The number of nitrogens with zero attached hydrogens (tertiary/aromatic N) is 1. The van der Waals surface area contributed by atoms with Crippen LogP contribution in [-0.4, -0.2) is 46.3 Å². The lowest BCUT2D eigenvalue weighted by molar-refractivity contribution is -0.141. The molecule has 0 aromatic rings. The van der Waals surface area contributed by atoms with E-state index in [0.29, 0.717) is 6.42 Å². The van der Waals surface area contributed by atoms with Gasteiger partial charge in [-0.3, -0.25) is 14.5 Å². The minimum absolute atomic E-state index is 0.0148. The van der Waals surface area contributed by atoms with E-state index >= 15 is 0 Å². The van der Waals surface area contributed by atoms with Crippen LogP contribution in [-0.2, 0) is 9.59 Å². The number of carbonyl (C=O) groups excluding carboxylic acids is 2. The maximum atomic E-state index is 12.4. The van der Waals surface area contributed by atoms with E-state index in [0.717, 1.165) is 13.0 Å². The molecule has 1 N–H and O–H groups in total. The molecule has 1 heterocycles. The molecule has 4 nitrogen and oxygen atoms in total. The Kier molecular flexibility index (Phi) is 5.72. The third-order valence-corrected chi connectivity index (χ3v) is 6.50. The average Bonchev–Trinajstić information content (AvgIpc) is 2.80. The van der Waals surface area contributed by atoms with E-state index < -0.39 is 0 Å². The number of imide groups is 1. The van der Waals surface area contributed by atoms with E-state index in [1.54, 1.807) is 0 Å². The molecule has 0 spiro atoms. The van der Waals surface area contributed by atoms with Crippen LogP contribution in [0.5, 0.6) is 0 Å². The Labute approximate surface area is 132 Å². The SMILES string of the molecule is CCC(C)N1C(=O)CC(NCC2(SC)CCCCC2)C1=O. The summed E-state index contributed by atoms with van der Waals surface area (Å²) in [7, 11) is 0. The van der Waals surface area contributed by atoms with Crippen molar-refractivity contribution in [3.05, 3.63) is 0 Å². The second-order valence-electron chi connectivity index (χ2n) is 6.44. The fourth-order valence-corrected chi connectivity index (χ4v) is 4.34. The van der Waals surface area contributed by atoms with E-state index in [-0.39, 0.29) is 28.6 Å². The molecule has 1 saturated heterocycles. The van der Waals surface area contributed by atoms with Gasteiger partial charge in [0.15, 0.2) is 0 Å². The van der Waals surface area contributed by atoms with Crippen LogP contribution in [0.1, 0.15) is 58.8 Å². The van der Waals surface area contributed by atoms with Gasteiger partial charge in [0.1, 0.15) is 0 Å². The van der Waals surface area contributed by atoms with Crippen molar-refractivity contribution in [1.82, 2.24) is 10.2 Å². The fourth-order valence-electron chi connectivity index (χ4n) is 3.41. The van der Waals surface area contributed by atoms with Gasteiger partial charge in [0.2, 0.25) is 11.8 Å². The van der Waals surface area contributed by atoms with Crippen LogP contribution >= 0.6 is 11.8 Å². The molecule has 2 fully saturated rings. The van der Waals surface area contributed by atoms with Gasteiger partial charge in [-0.15, -0.1) is 0 Å². The third-order valence-electron chi connectivity index (χ3n) is 5.08. The summed E-state index contributed by atoms with van der Waals surface area (Å²) in [6.45, 7) is 4.80. The zero-order chi connectivity index (χ0) is 15.5. The standard InChI is InChI=1S/C16H28N2O2S/c1-4-12(2)18-14(19)10-13(15(18)20)17-11-16(21-3)8-6-5-7-9-16/h12-13,17H,4-11H2,1-3H3. The first-order valence-electron chi connectivity index (χ1n) is 8.17. The molecule has 2 amide bonds. The number of hydrogen-bond acceptors (Lipinski definition) is 4. The maximum absolute atomic E-state index is 12.4. The van der Waals surface area contributed by atoms with E-state index in [1.165, 1.54) is 37.0 Å². The zero-order valence-electron chi connectivity index (χ0n) is 13.5. The number of likely N-dealkylation sites (tertiary alicyclic amines) is 1. The van der Waals surface area contributed by atoms with Crippen molar-refractivity contribution < 1.29 is 9.59 Å². The van der Waals surface area contributed by atoms with Gasteiger partial charge in [-0.25, -0.2) is 0 Å². The monoisotopic (exact) mass is 312 g/mol. The van der Waals surface area contributed by atoms with E-state index in [2.05, 4.69) is 11.6 Å². The molecule has 0 bridgehead atoms. The van der Waals surface area contributed by atoms with Gasteiger partial charge in [-0.2, -0.15) is 11.8 Å². The van der Waals surface area contributed by atoms with Gasteiger partial charge in [0.25, 0.3) is 0 Å². The van der Waals surface area contributed by atoms with Crippen LogP contribution in [0.3, 0.4) is 0 Å². The molecule has 2 atom stereocenters. The molecule has 2 rings (SSSR count). The van der Waals surface area contributed by atoms with Crippen molar-refractivity contribution in [3.8, 4) is 0 Å². The molecule has 0 radical (unpaired) electrons. The van der Waals surface area contributed by atoms with E-state index in [9.17, 15) is 9.59 Å². The highest BCUT2D eigenvalue weighted by atomic mass is 32.2. The van der Waals surface area contributed by atoms with Crippen LogP contribution in [0.4, 0.5) is 0 Å². The first-order chi connectivity index (χ1) is 10.0. The molecule has 1 aliphatic heterocycles. The van der Waals surface area contributed by atoms with Crippen LogP contribution in [0.25, 0.3) is 0 Å². The highest BCUT2D eigenvalue weighted by Crippen LogP contribution is 2.38. The van der Waals surface area contributed by atoms with Gasteiger partial charge < -0.3 is 5.32 Å². The van der Waals surface area contributed by atoms with Crippen molar-refractivity contribution >= 4 is 23.6 Å². The molecule has 0 aromatic heterocycles. The summed E-state index contributed by atoms with van der Waals surface area (Å²) in [5, 5.41) is 3.40. The van der Waals surface area contributed by atoms with Crippen LogP contribution < -0.4 is 5.32 Å². The predicted molar refractivity (Wildman–Crippen MR) is 87.3 cm³/mol. The van der Waals surface area contributed by atoms with E-state index in [4.69, 9.17) is 0 Å². The summed E-state index contributed by atoms with van der Waals surface area (Å²) in [5.41, 5.74) is 0. The first-order valence-corrected chi connectivity index (χ1v) is 9.40. The highest BCUT2D eigenvalue weighted by Gasteiger charge is 2.41. The Morgan fingerprint density at radius 3 is 2.57 bits per heavy atom. The number of nitrogens with one attached hydrogen (secondary N) is 1. The molecular formula is C16H28N2O2S. The lowest BCUT2D eigenvalue weighted by Gasteiger charge is -2.36. The maximum Gasteiger partial charge on any atom is 0.247 e. The molecule has 2 unspecified atom stereocenters. The number of hydrogen-bond donors (Lipinski definition) is 1. The van der Waals surface area contributed by atoms with Crippen LogP contribution in [0.15, 0.2) is 0 Å². The molecular weight excluding hydrogens is 284 g/mol. The molecule has 21 heavy (non-hydrogen) atoms. The number of carbonyl (C=O) groups is 2. The summed E-state index contributed by atoms with van der Waals surface area (Å²) in [4.78, 5) is 25.9. The first kappa shape index (κ1) is 16.8. The lowest BCUT2D eigenvalue weighted by atomic mass is 9.88. The second kappa shape index (κ2) is 7.14. The van der Waals surface area contributed by atoms with Gasteiger partial charge in [0, 0.05) is 17.3 Å². The normalized spacial score (nSPS) is 27.2. The van der Waals surface area contributed by atoms with Gasteiger partial charge in [-0.1, -0.05) is 26.2 Å². The van der Waals surface area contributed by atoms with Crippen molar-refractivity contribution in [2.75, 3.05) is 12.8 Å². The minimum Gasteiger partial charge on any atom is -0.304 e. The molecule has 1 aliphatic carbocycles. The summed E-state index contributed by atoms with van der Waals surface area (Å²) in [5.74, 6) is -0.0462. The Balaban J connectivity index is 1.94.